The van der Waals surface area contributed by atoms with Crippen molar-refractivity contribution in [1.29, 1.82) is 0 Å². The highest BCUT2D eigenvalue weighted by molar-refractivity contribution is 5.69. The predicted octanol–water partition coefficient (Wildman–Crippen LogP) is 2.96. The van der Waals surface area contributed by atoms with Gasteiger partial charge >= 0.3 is 12.1 Å². The van der Waals surface area contributed by atoms with Crippen molar-refractivity contribution in [3.63, 3.8) is 0 Å². The maximum atomic E-state index is 12.5. The maximum absolute atomic E-state index is 12.5. The monoisotopic (exact) mass is 374 g/mol. The van der Waals surface area contributed by atoms with Gasteiger partial charge in [-0.2, -0.15) is 13.2 Å². The van der Waals surface area contributed by atoms with Crippen LogP contribution in [0.25, 0.3) is 0 Å². The topological polar surface area (TPSA) is 53.0 Å². The van der Waals surface area contributed by atoms with E-state index < -0.39 is 17.7 Å². The number of hydrogen-bond donors (Lipinski definition) is 1. The van der Waals surface area contributed by atoms with Gasteiger partial charge in [-0.1, -0.05) is 0 Å². The second-order valence-corrected chi connectivity index (χ2v) is 6.61. The van der Waals surface area contributed by atoms with Crippen LogP contribution in [0.15, 0.2) is 24.3 Å². The summed E-state index contributed by atoms with van der Waals surface area (Å²) in [4.78, 5) is 15.0. The Bertz CT molecular complexity index is 578. The zero-order valence-corrected chi connectivity index (χ0v) is 14.8. The summed E-state index contributed by atoms with van der Waals surface area (Å²) in [5, 5.41) is 8.89. The van der Waals surface area contributed by atoms with Crippen LogP contribution in [-0.4, -0.2) is 66.8 Å². The number of rotatable bonds is 7. The minimum absolute atomic E-state index is 0.0434. The van der Waals surface area contributed by atoms with Crippen LogP contribution >= 0.6 is 0 Å². The number of halogens is 3. The van der Waals surface area contributed by atoms with Gasteiger partial charge in [-0.05, 0) is 63.7 Å². The van der Waals surface area contributed by atoms with Crippen molar-refractivity contribution >= 4 is 5.97 Å². The third-order valence-corrected chi connectivity index (χ3v) is 4.66. The lowest BCUT2D eigenvalue weighted by atomic mass is 10.1. The minimum atomic E-state index is -4.34. The van der Waals surface area contributed by atoms with Gasteiger partial charge in [0.25, 0.3) is 0 Å². The molecule has 1 aliphatic rings. The summed E-state index contributed by atoms with van der Waals surface area (Å²) >= 11 is 0. The molecule has 1 unspecified atom stereocenters. The number of carboxylic acid groups (broad SMARTS) is 1. The van der Waals surface area contributed by atoms with Gasteiger partial charge in [0.1, 0.15) is 12.4 Å². The standard InChI is InChI=1S/C18H25F3N2O3/c1-22(13-17(24)25)15-3-2-9-23(10-8-15)11-12-26-16-6-4-14(5-7-16)18(19,20)21/h4-7,15H,2-3,8-13H2,1H3,(H,24,25). The molecular formula is C18H25F3N2O3. The van der Waals surface area contributed by atoms with E-state index in [-0.39, 0.29) is 12.6 Å². The molecule has 0 radical (unpaired) electrons. The molecule has 1 heterocycles. The molecule has 0 spiro atoms. The lowest BCUT2D eigenvalue weighted by Gasteiger charge is -2.25. The molecule has 0 amide bonds. The summed E-state index contributed by atoms with van der Waals surface area (Å²) in [6, 6.07) is 4.96. The van der Waals surface area contributed by atoms with E-state index in [2.05, 4.69) is 4.90 Å². The smallest absolute Gasteiger partial charge is 0.416 e. The SMILES string of the molecule is CN(CC(=O)O)C1CCCN(CCOc2ccc(C(F)(F)F)cc2)CC1. The first-order valence-electron chi connectivity index (χ1n) is 8.70. The lowest BCUT2D eigenvalue weighted by molar-refractivity contribution is -0.139. The summed E-state index contributed by atoms with van der Waals surface area (Å²) in [6.07, 6.45) is -1.51. The fourth-order valence-electron chi connectivity index (χ4n) is 3.18. The Morgan fingerprint density at radius 2 is 1.96 bits per heavy atom. The molecule has 0 bridgehead atoms. The van der Waals surface area contributed by atoms with Crippen LogP contribution in [0.2, 0.25) is 0 Å². The van der Waals surface area contributed by atoms with Gasteiger partial charge in [0, 0.05) is 12.6 Å². The van der Waals surface area contributed by atoms with E-state index in [0.29, 0.717) is 18.9 Å². The Hall–Kier alpha value is -1.80. The van der Waals surface area contributed by atoms with E-state index in [1.165, 1.54) is 12.1 Å². The van der Waals surface area contributed by atoms with Crippen LogP contribution in [0.4, 0.5) is 13.2 Å². The largest absolute Gasteiger partial charge is 0.492 e. The fourth-order valence-corrected chi connectivity index (χ4v) is 3.18. The number of benzene rings is 1. The number of likely N-dealkylation sites (tertiary alicyclic amines) is 1. The van der Waals surface area contributed by atoms with Crippen molar-refractivity contribution in [2.75, 3.05) is 39.8 Å². The van der Waals surface area contributed by atoms with E-state index in [9.17, 15) is 18.0 Å². The van der Waals surface area contributed by atoms with Crippen molar-refractivity contribution in [1.82, 2.24) is 9.80 Å². The van der Waals surface area contributed by atoms with Gasteiger partial charge in [0.05, 0.1) is 12.1 Å². The van der Waals surface area contributed by atoms with Crippen LogP contribution in [0.5, 0.6) is 5.75 Å². The molecule has 1 aliphatic heterocycles. The van der Waals surface area contributed by atoms with Gasteiger partial charge in [-0.15, -0.1) is 0 Å². The molecule has 0 aromatic heterocycles. The Balaban J connectivity index is 1.74. The Morgan fingerprint density at radius 3 is 2.58 bits per heavy atom. The normalized spacial score (nSPS) is 19.3. The van der Waals surface area contributed by atoms with Crippen LogP contribution in [0.3, 0.4) is 0 Å². The van der Waals surface area contributed by atoms with E-state index in [1.54, 1.807) is 0 Å². The third kappa shape index (κ3) is 6.49. The van der Waals surface area contributed by atoms with E-state index >= 15 is 0 Å². The zero-order chi connectivity index (χ0) is 19.2. The Morgan fingerprint density at radius 1 is 1.27 bits per heavy atom. The summed E-state index contributed by atoms with van der Waals surface area (Å²) < 4.78 is 43.1. The molecule has 5 nitrogen and oxygen atoms in total. The molecule has 8 heteroatoms. The van der Waals surface area contributed by atoms with Gasteiger partial charge in [-0.3, -0.25) is 14.6 Å². The van der Waals surface area contributed by atoms with Crippen molar-refractivity contribution in [3.05, 3.63) is 29.8 Å². The molecule has 0 saturated carbocycles. The van der Waals surface area contributed by atoms with E-state index in [0.717, 1.165) is 44.5 Å². The molecule has 2 rings (SSSR count). The first-order chi connectivity index (χ1) is 12.3. The highest BCUT2D eigenvalue weighted by Gasteiger charge is 2.30. The zero-order valence-electron chi connectivity index (χ0n) is 14.8. The van der Waals surface area contributed by atoms with Gasteiger partial charge < -0.3 is 9.84 Å². The molecular weight excluding hydrogens is 349 g/mol. The molecule has 1 fully saturated rings. The van der Waals surface area contributed by atoms with E-state index in [1.807, 2.05) is 11.9 Å². The summed E-state index contributed by atoms with van der Waals surface area (Å²) in [5.74, 6) is -0.398. The number of aliphatic carboxylic acids is 1. The number of carboxylic acids is 1. The molecule has 1 atom stereocenters. The van der Waals surface area contributed by atoms with Gasteiger partial charge in [0.2, 0.25) is 0 Å². The minimum Gasteiger partial charge on any atom is -0.492 e. The van der Waals surface area contributed by atoms with Crippen LogP contribution < -0.4 is 4.74 Å². The molecule has 26 heavy (non-hydrogen) atoms. The highest BCUT2D eigenvalue weighted by Crippen LogP contribution is 2.30. The summed E-state index contributed by atoms with van der Waals surface area (Å²) in [5.41, 5.74) is -0.686. The average Bonchev–Trinajstić information content (AvgIpc) is 2.80. The molecule has 1 aromatic carbocycles. The number of alkyl halides is 3. The summed E-state index contributed by atoms with van der Waals surface area (Å²) in [7, 11) is 1.84. The van der Waals surface area contributed by atoms with Crippen molar-refractivity contribution in [2.24, 2.45) is 0 Å². The van der Waals surface area contributed by atoms with Crippen LogP contribution in [0.1, 0.15) is 24.8 Å². The molecule has 146 valence electrons. The third-order valence-electron chi connectivity index (χ3n) is 4.66. The number of hydrogen-bond acceptors (Lipinski definition) is 4. The van der Waals surface area contributed by atoms with E-state index in [4.69, 9.17) is 9.84 Å². The lowest BCUT2D eigenvalue weighted by Crippen LogP contribution is -2.37. The first-order valence-corrected chi connectivity index (χ1v) is 8.70. The van der Waals surface area contributed by atoms with Crippen molar-refractivity contribution < 1.29 is 27.8 Å². The Labute approximate surface area is 151 Å². The maximum Gasteiger partial charge on any atom is 0.416 e. The molecule has 1 aromatic rings. The second-order valence-electron chi connectivity index (χ2n) is 6.61. The quantitative estimate of drug-likeness (QED) is 0.795. The molecule has 1 saturated heterocycles. The fraction of sp³-hybridized carbons (Fsp3) is 0.611. The van der Waals surface area contributed by atoms with Gasteiger partial charge in [-0.25, -0.2) is 0 Å². The van der Waals surface area contributed by atoms with Crippen molar-refractivity contribution in [2.45, 2.75) is 31.5 Å². The predicted molar refractivity (Wildman–Crippen MR) is 91.3 cm³/mol. The Kier molecular flexibility index (Phi) is 7.28. The second kappa shape index (κ2) is 9.23. The molecule has 0 aliphatic carbocycles. The number of carbonyl (C=O) groups is 1. The number of ether oxygens (including phenoxy) is 1. The van der Waals surface area contributed by atoms with Gasteiger partial charge in [0.15, 0.2) is 0 Å². The van der Waals surface area contributed by atoms with Crippen LogP contribution in [0, 0.1) is 0 Å². The summed E-state index contributed by atoms with van der Waals surface area (Å²) in [6.45, 7) is 2.90. The number of nitrogens with zero attached hydrogens (tertiary/aromatic N) is 2. The average molecular weight is 374 g/mol. The number of likely N-dealkylation sites (N-methyl/N-ethyl adjacent to an activating group) is 1. The van der Waals surface area contributed by atoms with Crippen LogP contribution in [-0.2, 0) is 11.0 Å². The molecule has 1 N–H and O–H groups in total. The van der Waals surface area contributed by atoms with Crippen molar-refractivity contribution in [3.8, 4) is 5.75 Å². The first kappa shape index (κ1) is 20.5. The highest BCUT2D eigenvalue weighted by atomic mass is 19.4.